The van der Waals surface area contributed by atoms with Gasteiger partial charge < -0.3 is 5.11 Å². The molecule has 0 aromatic carbocycles. The highest BCUT2D eigenvalue weighted by Gasteiger charge is 2.31. The van der Waals surface area contributed by atoms with Crippen molar-refractivity contribution in [2.75, 3.05) is 6.61 Å². The summed E-state index contributed by atoms with van der Waals surface area (Å²) in [6.45, 7) is -1.07. The second-order valence-electron chi connectivity index (χ2n) is 1.60. The molecule has 0 amide bonds. The number of halogens is 4. The molecule has 0 saturated carbocycles. The van der Waals surface area contributed by atoms with Crippen molar-refractivity contribution >= 4 is 0 Å². The number of rotatable bonds is 2. The number of alkyl halides is 4. The zero-order valence-electron chi connectivity index (χ0n) is 4.45. The van der Waals surface area contributed by atoms with Gasteiger partial charge in [-0.1, -0.05) is 0 Å². The fourth-order valence-corrected chi connectivity index (χ4v) is 0.316. The first-order valence-electron chi connectivity index (χ1n) is 2.27. The maximum absolute atomic E-state index is 11.7. The summed E-state index contributed by atoms with van der Waals surface area (Å²) in [5, 5.41) is 7.82. The van der Waals surface area contributed by atoms with Crippen LogP contribution >= 0.6 is 0 Å². The lowest BCUT2D eigenvalue weighted by atomic mass is 10.3. The Hall–Kier alpha value is -0.320. The molecule has 0 fully saturated rings. The number of hydrogen-bond donors (Lipinski definition) is 1. The van der Waals surface area contributed by atoms with Crippen LogP contribution < -0.4 is 0 Å². The Labute approximate surface area is 49.3 Å². The van der Waals surface area contributed by atoms with Gasteiger partial charge in [0.1, 0.15) is 6.17 Å². The quantitative estimate of drug-likeness (QED) is 0.581. The van der Waals surface area contributed by atoms with Gasteiger partial charge in [-0.15, -0.1) is 0 Å². The Kier molecular flexibility index (Phi) is 2.90. The minimum Gasteiger partial charge on any atom is -0.393 e. The highest BCUT2D eigenvalue weighted by molar-refractivity contribution is 4.59. The van der Waals surface area contributed by atoms with Gasteiger partial charge in [-0.05, 0) is 0 Å². The highest BCUT2D eigenvalue weighted by atomic mass is 19.4. The lowest BCUT2D eigenvalue weighted by molar-refractivity contribution is -0.149. The molecule has 0 aliphatic heterocycles. The molecular formula is C4H6F4O. The lowest BCUT2D eigenvalue weighted by Gasteiger charge is -2.06. The molecule has 5 heteroatoms. The van der Waals surface area contributed by atoms with Gasteiger partial charge in [-0.25, -0.2) is 4.39 Å². The van der Waals surface area contributed by atoms with E-state index in [-0.39, 0.29) is 0 Å². The summed E-state index contributed by atoms with van der Waals surface area (Å²) in [5.74, 6) is 0. The predicted molar refractivity (Wildman–Crippen MR) is 22.7 cm³/mol. The first-order valence-corrected chi connectivity index (χ1v) is 2.27. The first kappa shape index (κ1) is 8.68. The second kappa shape index (κ2) is 3.00. The van der Waals surface area contributed by atoms with E-state index in [0.29, 0.717) is 0 Å². The fraction of sp³-hybridized carbons (Fsp3) is 1.00. The smallest absolute Gasteiger partial charge is 0.391 e. The van der Waals surface area contributed by atoms with Crippen LogP contribution in [0.2, 0.25) is 0 Å². The van der Waals surface area contributed by atoms with Crippen LogP contribution in [0, 0.1) is 0 Å². The van der Waals surface area contributed by atoms with Gasteiger partial charge in [0.2, 0.25) is 0 Å². The fourth-order valence-electron chi connectivity index (χ4n) is 0.316. The summed E-state index contributed by atoms with van der Waals surface area (Å²) in [6, 6.07) is 0. The van der Waals surface area contributed by atoms with Crippen molar-refractivity contribution in [3.63, 3.8) is 0 Å². The molecule has 0 radical (unpaired) electrons. The molecule has 0 spiro atoms. The minimum atomic E-state index is -4.51. The Morgan fingerprint density at radius 1 is 1.33 bits per heavy atom. The summed E-state index contributed by atoms with van der Waals surface area (Å²) in [7, 11) is 0. The van der Waals surface area contributed by atoms with Gasteiger partial charge in [0.15, 0.2) is 0 Å². The van der Waals surface area contributed by atoms with Crippen LogP contribution in [0.3, 0.4) is 0 Å². The summed E-state index contributed by atoms with van der Waals surface area (Å²) < 4.78 is 45.1. The van der Waals surface area contributed by atoms with Gasteiger partial charge in [0.05, 0.1) is 13.0 Å². The van der Waals surface area contributed by atoms with Gasteiger partial charge in [-0.2, -0.15) is 13.2 Å². The van der Waals surface area contributed by atoms with E-state index in [1.54, 1.807) is 0 Å². The maximum atomic E-state index is 11.7. The molecule has 0 aliphatic rings. The van der Waals surface area contributed by atoms with Crippen LogP contribution in [0.25, 0.3) is 0 Å². The maximum Gasteiger partial charge on any atom is 0.391 e. The molecule has 1 N–H and O–H groups in total. The molecule has 9 heavy (non-hydrogen) atoms. The third-order valence-corrected chi connectivity index (χ3v) is 0.651. The van der Waals surface area contributed by atoms with E-state index in [1.807, 2.05) is 0 Å². The molecule has 56 valence electrons. The monoisotopic (exact) mass is 146 g/mol. The summed E-state index contributed by atoms with van der Waals surface area (Å²) in [6.07, 6.45) is -8.25. The van der Waals surface area contributed by atoms with E-state index in [2.05, 4.69) is 0 Å². The zero-order chi connectivity index (χ0) is 7.49. The van der Waals surface area contributed by atoms with Crippen LogP contribution in [0.4, 0.5) is 17.6 Å². The van der Waals surface area contributed by atoms with Crippen molar-refractivity contribution in [3.8, 4) is 0 Å². The highest BCUT2D eigenvalue weighted by Crippen LogP contribution is 2.22. The van der Waals surface area contributed by atoms with Gasteiger partial charge >= 0.3 is 6.18 Å². The predicted octanol–water partition coefficient (Wildman–Crippen LogP) is 1.27. The van der Waals surface area contributed by atoms with Gasteiger partial charge in [0.25, 0.3) is 0 Å². The Morgan fingerprint density at radius 3 is 1.89 bits per heavy atom. The Morgan fingerprint density at radius 2 is 1.78 bits per heavy atom. The molecule has 1 nitrogen and oxygen atoms in total. The largest absolute Gasteiger partial charge is 0.393 e. The molecule has 0 heterocycles. The Bertz CT molecular complexity index is 79.1. The van der Waals surface area contributed by atoms with E-state index >= 15 is 0 Å². The van der Waals surface area contributed by atoms with Crippen LogP contribution in [0.15, 0.2) is 0 Å². The average Bonchev–Trinajstić information content (AvgIpc) is 1.62. The van der Waals surface area contributed by atoms with Crippen molar-refractivity contribution < 1.29 is 22.7 Å². The van der Waals surface area contributed by atoms with Gasteiger partial charge in [0, 0.05) is 0 Å². The molecular weight excluding hydrogens is 140 g/mol. The SMILES string of the molecule is OC[C@@H](F)CC(F)(F)F. The summed E-state index contributed by atoms with van der Waals surface area (Å²) >= 11 is 0. The zero-order valence-corrected chi connectivity index (χ0v) is 4.45. The molecule has 0 bridgehead atoms. The van der Waals surface area contributed by atoms with E-state index in [1.165, 1.54) is 0 Å². The molecule has 0 aromatic rings. The van der Waals surface area contributed by atoms with Gasteiger partial charge in [-0.3, -0.25) is 0 Å². The van der Waals surface area contributed by atoms with Crippen molar-refractivity contribution in [3.05, 3.63) is 0 Å². The first-order chi connectivity index (χ1) is 3.95. The Balaban J connectivity index is 3.47. The van der Waals surface area contributed by atoms with E-state index in [0.717, 1.165) is 0 Å². The number of aliphatic hydroxyl groups is 1. The lowest BCUT2D eigenvalue weighted by Crippen LogP contribution is -2.18. The second-order valence-corrected chi connectivity index (χ2v) is 1.60. The van der Waals surface area contributed by atoms with Crippen molar-refractivity contribution in [1.29, 1.82) is 0 Å². The van der Waals surface area contributed by atoms with E-state index < -0.39 is 25.4 Å². The number of hydrogen-bond acceptors (Lipinski definition) is 1. The summed E-state index contributed by atoms with van der Waals surface area (Å²) in [5.41, 5.74) is 0. The molecule has 0 aromatic heterocycles. The minimum absolute atomic E-state index is 1.07. The van der Waals surface area contributed by atoms with Crippen molar-refractivity contribution in [2.45, 2.75) is 18.8 Å². The van der Waals surface area contributed by atoms with Crippen molar-refractivity contribution in [1.82, 2.24) is 0 Å². The summed E-state index contributed by atoms with van der Waals surface area (Å²) in [4.78, 5) is 0. The molecule has 0 rings (SSSR count). The van der Waals surface area contributed by atoms with Crippen LogP contribution in [-0.4, -0.2) is 24.1 Å². The molecule has 1 atom stereocenters. The third kappa shape index (κ3) is 5.55. The van der Waals surface area contributed by atoms with E-state index in [4.69, 9.17) is 5.11 Å². The normalized spacial score (nSPS) is 15.7. The molecule has 0 aliphatic carbocycles. The van der Waals surface area contributed by atoms with Crippen LogP contribution in [0.5, 0.6) is 0 Å². The standard InChI is InChI=1S/C4H6F4O/c5-3(2-9)1-4(6,7)8/h3,9H,1-2H2/t3-/m0/s1. The molecule has 0 unspecified atom stereocenters. The molecule has 0 saturated heterocycles. The van der Waals surface area contributed by atoms with Crippen LogP contribution in [0.1, 0.15) is 6.42 Å². The average molecular weight is 146 g/mol. The van der Waals surface area contributed by atoms with Crippen molar-refractivity contribution in [2.24, 2.45) is 0 Å². The topological polar surface area (TPSA) is 20.2 Å². The van der Waals surface area contributed by atoms with Crippen LogP contribution in [-0.2, 0) is 0 Å². The third-order valence-electron chi connectivity index (χ3n) is 0.651. The number of aliphatic hydroxyl groups excluding tert-OH is 1. The van der Waals surface area contributed by atoms with E-state index in [9.17, 15) is 17.6 Å².